The van der Waals surface area contributed by atoms with Crippen molar-refractivity contribution in [1.29, 1.82) is 0 Å². The van der Waals surface area contributed by atoms with Crippen molar-refractivity contribution in [3.8, 4) is 0 Å². The molecule has 1 atom stereocenters. The van der Waals surface area contributed by atoms with E-state index in [-0.39, 0.29) is 17.9 Å². The zero-order chi connectivity index (χ0) is 18.7. The molecule has 5 nitrogen and oxygen atoms in total. The predicted octanol–water partition coefficient (Wildman–Crippen LogP) is 3.42. The Labute approximate surface area is 154 Å². The van der Waals surface area contributed by atoms with Crippen LogP contribution in [0.2, 0.25) is 0 Å². The number of nitrogens with one attached hydrogen (secondary N) is 1. The number of carbonyl (C=O) groups excluding carboxylic acids is 2. The summed E-state index contributed by atoms with van der Waals surface area (Å²) in [6, 6.07) is 12.6. The molecule has 1 heterocycles. The molecule has 2 aromatic carbocycles. The molecule has 0 bridgehead atoms. The molecular weight excluding hydrogens is 328 g/mol. The van der Waals surface area contributed by atoms with Crippen molar-refractivity contribution in [2.24, 2.45) is 0 Å². The van der Waals surface area contributed by atoms with Gasteiger partial charge in [-0.25, -0.2) is 0 Å². The van der Waals surface area contributed by atoms with Crippen molar-refractivity contribution < 1.29 is 14.3 Å². The summed E-state index contributed by atoms with van der Waals surface area (Å²) in [4.78, 5) is 26.7. The summed E-state index contributed by atoms with van der Waals surface area (Å²) >= 11 is 0. The van der Waals surface area contributed by atoms with E-state index in [2.05, 4.69) is 5.32 Å². The molecule has 0 aromatic heterocycles. The number of ether oxygens (including phenoxy) is 1. The lowest BCUT2D eigenvalue weighted by molar-refractivity contribution is -0.0124. The first-order chi connectivity index (χ1) is 12.4. The quantitative estimate of drug-likeness (QED) is 0.921. The summed E-state index contributed by atoms with van der Waals surface area (Å²) in [6.45, 7) is 7.74. The van der Waals surface area contributed by atoms with E-state index < -0.39 is 0 Å². The minimum Gasteiger partial charge on any atom is -0.375 e. The van der Waals surface area contributed by atoms with E-state index in [1.807, 2.05) is 39.0 Å². The normalized spacial score (nSPS) is 17.0. The molecule has 2 aromatic rings. The van der Waals surface area contributed by atoms with Gasteiger partial charge in [0.25, 0.3) is 11.8 Å². The second-order valence-electron chi connectivity index (χ2n) is 6.76. The molecule has 1 N–H and O–H groups in total. The number of hydrogen-bond acceptors (Lipinski definition) is 3. The first-order valence-corrected chi connectivity index (χ1v) is 8.83. The minimum absolute atomic E-state index is 0.00724. The maximum Gasteiger partial charge on any atom is 0.255 e. The van der Waals surface area contributed by atoms with Gasteiger partial charge in [-0.15, -0.1) is 0 Å². The number of morpholine rings is 1. The highest BCUT2D eigenvalue weighted by molar-refractivity contribution is 6.04. The fraction of sp³-hybridized carbons (Fsp3) is 0.333. The van der Waals surface area contributed by atoms with Crippen molar-refractivity contribution in [3.63, 3.8) is 0 Å². The topological polar surface area (TPSA) is 58.6 Å². The molecule has 0 aliphatic carbocycles. The molecule has 0 radical (unpaired) electrons. The maximum atomic E-state index is 12.6. The van der Waals surface area contributed by atoms with Gasteiger partial charge in [-0.1, -0.05) is 6.07 Å². The number of aryl methyl sites for hydroxylation is 2. The number of benzene rings is 2. The van der Waals surface area contributed by atoms with E-state index in [4.69, 9.17) is 4.74 Å². The van der Waals surface area contributed by atoms with Crippen LogP contribution in [-0.4, -0.2) is 42.5 Å². The van der Waals surface area contributed by atoms with Crippen molar-refractivity contribution in [1.82, 2.24) is 4.90 Å². The first kappa shape index (κ1) is 18.1. The van der Waals surface area contributed by atoms with E-state index in [0.717, 1.165) is 11.1 Å². The lowest BCUT2D eigenvalue weighted by Crippen LogP contribution is -2.44. The summed E-state index contributed by atoms with van der Waals surface area (Å²) in [7, 11) is 0. The van der Waals surface area contributed by atoms with Crippen molar-refractivity contribution in [2.75, 3.05) is 25.0 Å². The van der Waals surface area contributed by atoms with Crippen LogP contribution in [0.3, 0.4) is 0 Å². The van der Waals surface area contributed by atoms with E-state index in [1.165, 1.54) is 0 Å². The van der Waals surface area contributed by atoms with E-state index in [9.17, 15) is 9.59 Å². The van der Waals surface area contributed by atoms with Gasteiger partial charge in [-0.3, -0.25) is 9.59 Å². The number of carbonyl (C=O) groups is 2. The van der Waals surface area contributed by atoms with E-state index in [1.54, 1.807) is 29.2 Å². The van der Waals surface area contributed by atoms with Crippen LogP contribution in [-0.2, 0) is 4.74 Å². The number of nitrogens with zero attached hydrogens (tertiary/aromatic N) is 1. The Morgan fingerprint density at radius 1 is 1.04 bits per heavy atom. The summed E-state index contributed by atoms with van der Waals surface area (Å²) in [5.74, 6) is -0.165. The SMILES string of the molecule is Cc1ccc(C(=O)Nc2ccc(C(=O)N3CCOC(C)C3)cc2)cc1C. The Hall–Kier alpha value is -2.66. The number of hydrogen-bond donors (Lipinski definition) is 1. The molecule has 3 rings (SSSR count). The highest BCUT2D eigenvalue weighted by atomic mass is 16.5. The third-order valence-electron chi connectivity index (χ3n) is 4.69. The van der Waals surface area contributed by atoms with Crippen molar-refractivity contribution in [2.45, 2.75) is 26.9 Å². The Kier molecular flexibility index (Phi) is 5.38. The third kappa shape index (κ3) is 4.11. The molecule has 1 unspecified atom stereocenters. The molecule has 0 spiro atoms. The molecule has 1 aliphatic rings. The zero-order valence-electron chi connectivity index (χ0n) is 15.4. The Morgan fingerprint density at radius 3 is 2.38 bits per heavy atom. The fourth-order valence-corrected chi connectivity index (χ4v) is 2.97. The van der Waals surface area contributed by atoms with Gasteiger partial charge in [0.15, 0.2) is 0 Å². The van der Waals surface area contributed by atoms with Crippen LogP contribution < -0.4 is 5.32 Å². The van der Waals surface area contributed by atoms with Crippen LogP contribution in [0, 0.1) is 13.8 Å². The van der Waals surface area contributed by atoms with Crippen LogP contribution >= 0.6 is 0 Å². The molecule has 5 heteroatoms. The van der Waals surface area contributed by atoms with E-state index >= 15 is 0 Å². The van der Waals surface area contributed by atoms with Gasteiger partial charge < -0.3 is 15.0 Å². The van der Waals surface area contributed by atoms with Crippen molar-refractivity contribution >= 4 is 17.5 Å². The maximum absolute atomic E-state index is 12.6. The first-order valence-electron chi connectivity index (χ1n) is 8.83. The average molecular weight is 352 g/mol. The Balaban J connectivity index is 1.66. The van der Waals surface area contributed by atoms with Gasteiger partial charge in [-0.2, -0.15) is 0 Å². The molecule has 26 heavy (non-hydrogen) atoms. The van der Waals surface area contributed by atoms with E-state index in [0.29, 0.717) is 36.5 Å². The summed E-state index contributed by atoms with van der Waals surface area (Å²) < 4.78 is 5.47. The van der Waals surface area contributed by atoms with Crippen LogP contribution in [0.15, 0.2) is 42.5 Å². The van der Waals surface area contributed by atoms with Gasteiger partial charge in [0.1, 0.15) is 0 Å². The van der Waals surface area contributed by atoms with Gasteiger partial charge in [0.05, 0.1) is 12.7 Å². The summed E-state index contributed by atoms with van der Waals surface area (Å²) in [5.41, 5.74) is 4.14. The standard InChI is InChI=1S/C21H24N2O3/c1-14-4-5-18(12-15(14)2)20(24)22-19-8-6-17(7-9-19)21(25)23-10-11-26-16(3)13-23/h4-9,12,16H,10-11,13H2,1-3H3,(H,22,24). The Morgan fingerprint density at radius 2 is 1.73 bits per heavy atom. The second-order valence-corrected chi connectivity index (χ2v) is 6.76. The fourth-order valence-electron chi connectivity index (χ4n) is 2.97. The van der Waals surface area contributed by atoms with Crippen LogP contribution in [0.4, 0.5) is 5.69 Å². The minimum atomic E-state index is -0.158. The second kappa shape index (κ2) is 7.70. The molecule has 1 fully saturated rings. The molecule has 0 saturated carbocycles. The summed E-state index contributed by atoms with van der Waals surface area (Å²) in [6.07, 6.45) is 0.0595. The summed E-state index contributed by atoms with van der Waals surface area (Å²) in [5, 5.41) is 2.87. The molecule has 136 valence electrons. The smallest absolute Gasteiger partial charge is 0.255 e. The third-order valence-corrected chi connectivity index (χ3v) is 4.69. The largest absolute Gasteiger partial charge is 0.375 e. The number of anilines is 1. The average Bonchev–Trinajstić information content (AvgIpc) is 2.64. The number of rotatable bonds is 3. The monoisotopic (exact) mass is 352 g/mol. The molecule has 1 aliphatic heterocycles. The van der Waals surface area contributed by atoms with Gasteiger partial charge >= 0.3 is 0 Å². The van der Waals surface area contributed by atoms with Gasteiger partial charge in [-0.05, 0) is 68.3 Å². The predicted molar refractivity (Wildman–Crippen MR) is 102 cm³/mol. The molecule has 2 amide bonds. The Bertz CT molecular complexity index is 815. The van der Waals surface area contributed by atoms with Crippen molar-refractivity contribution in [3.05, 3.63) is 64.7 Å². The lowest BCUT2D eigenvalue weighted by Gasteiger charge is -2.31. The molecule has 1 saturated heterocycles. The highest BCUT2D eigenvalue weighted by Gasteiger charge is 2.22. The zero-order valence-corrected chi connectivity index (χ0v) is 15.4. The van der Waals surface area contributed by atoms with Crippen LogP contribution in [0.5, 0.6) is 0 Å². The van der Waals surface area contributed by atoms with Crippen LogP contribution in [0.1, 0.15) is 38.8 Å². The number of amides is 2. The molecular formula is C21H24N2O3. The highest BCUT2D eigenvalue weighted by Crippen LogP contribution is 2.16. The van der Waals surface area contributed by atoms with Gasteiger partial charge in [0.2, 0.25) is 0 Å². The van der Waals surface area contributed by atoms with Gasteiger partial charge in [0, 0.05) is 29.9 Å². The van der Waals surface area contributed by atoms with Crippen LogP contribution in [0.25, 0.3) is 0 Å². The lowest BCUT2D eigenvalue weighted by atomic mass is 10.1.